The van der Waals surface area contributed by atoms with E-state index in [-0.39, 0.29) is 18.4 Å². The second kappa shape index (κ2) is 6.90. The lowest BCUT2D eigenvalue weighted by Crippen LogP contribution is -2.32. The molecule has 0 aliphatic rings. The van der Waals surface area contributed by atoms with Crippen LogP contribution in [-0.2, 0) is 4.79 Å². The predicted molar refractivity (Wildman–Crippen MR) is 67.7 cm³/mol. The molecule has 0 bridgehead atoms. The molecule has 1 atom stereocenters. The van der Waals surface area contributed by atoms with E-state index in [1.54, 1.807) is 6.92 Å². The van der Waals surface area contributed by atoms with E-state index in [0.29, 0.717) is 23.9 Å². The molecule has 7 nitrogen and oxygen atoms in total. The highest BCUT2D eigenvalue weighted by Gasteiger charge is 2.09. The molecule has 0 aromatic carbocycles. The molecule has 2 amide bonds. The number of anilines is 1. The highest BCUT2D eigenvalue weighted by molar-refractivity contribution is 7.09. The SMILES string of the molecule is Cc1nsc(NC(=O)NCC(C)CCC(=O)O)n1. The summed E-state index contributed by atoms with van der Waals surface area (Å²) in [6.45, 7) is 4.06. The van der Waals surface area contributed by atoms with Crippen LogP contribution in [0, 0.1) is 12.8 Å². The Balaban J connectivity index is 2.22. The lowest BCUT2D eigenvalue weighted by Gasteiger charge is -2.11. The minimum Gasteiger partial charge on any atom is -0.481 e. The number of carboxylic acids is 1. The number of carbonyl (C=O) groups is 2. The van der Waals surface area contributed by atoms with E-state index in [0.717, 1.165) is 11.5 Å². The second-order valence-corrected chi connectivity index (χ2v) is 4.77. The second-order valence-electron chi connectivity index (χ2n) is 4.02. The van der Waals surface area contributed by atoms with Crippen molar-refractivity contribution in [3.63, 3.8) is 0 Å². The van der Waals surface area contributed by atoms with E-state index in [1.807, 2.05) is 6.92 Å². The van der Waals surface area contributed by atoms with Crippen molar-refractivity contribution in [1.82, 2.24) is 14.7 Å². The number of nitrogens with zero attached hydrogens (tertiary/aromatic N) is 2. The number of hydrogen-bond donors (Lipinski definition) is 3. The summed E-state index contributed by atoms with van der Waals surface area (Å²) in [5.74, 6) is -0.0937. The summed E-state index contributed by atoms with van der Waals surface area (Å²) < 4.78 is 3.94. The topological polar surface area (TPSA) is 104 Å². The number of aromatic nitrogens is 2. The monoisotopic (exact) mass is 272 g/mol. The minimum atomic E-state index is -0.823. The van der Waals surface area contributed by atoms with Crippen molar-refractivity contribution in [3.05, 3.63) is 5.82 Å². The molecule has 1 heterocycles. The molecule has 1 aromatic heterocycles. The number of nitrogens with one attached hydrogen (secondary N) is 2. The number of rotatable bonds is 6. The van der Waals surface area contributed by atoms with Gasteiger partial charge in [-0.15, -0.1) is 0 Å². The van der Waals surface area contributed by atoms with Gasteiger partial charge in [-0.25, -0.2) is 9.78 Å². The van der Waals surface area contributed by atoms with Crippen LogP contribution in [-0.4, -0.2) is 33.0 Å². The van der Waals surface area contributed by atoms with Crippen LogP contribution >= 0.6 is 11.5 Å². The molecule has 100 valence electrons. The third kappa shape index (κ3) is 5.58. The zero-order valence-electron chi connectivity index (χ0n) is 10.3. The maximum absolute atomic E-state index is 11.5. The number of hydrogen-bond acceptors (Lipinski definition) is 5. The summed E-state index contributed by atoms with van der Waals surface area (Å²) in [7, 11) is 0. The van der Waals surface area contributed by atoms with E-state index < -0.39 is 5.97 Å². The van der Waals surface area contributed by atoms with Crippen molar-refractivity contribution in [2.24, 2.45) is 5.92 Å². The van der Waals surface area contributed by atoms with Gasteiger partial charge >= 0.3 is 12.0 Å². The summed E-state index contributed by atoms with van der Waals surface area (Å²) in [4.78, 5) is 25.8. The first-order chi connectivity index (χ1) is 8.47. The molecule has 1 unspecified atom stereocenters. The first kappa shape index (κ1) is 14.4. The van der Waals surface area contributed by atoms with Gasteiger partial charge in [0, 0.05) is 24.5 Å². The number of aryl methyl sites for hydroxylation is 1. The third-order valence-corrected chi connectivity index (χ3v) is 2.93. The average molecular weight is 272 g/mol. The molecule has 0 saturated carbocycles. The van der Waals surface area contributed by atoms with Crippen molar-refractivity contribution >= 4 is 28.7 Å². The van der Waals surface area contributed by atoms with E-state index in [2.05, 4.69) is 20.0 Å². The quantitative estimate of drug-likeness (QED) is 0.727. The molecule has 1 rings (SSSR count). The van der Waals surface area contributed by atoms with Crippen molar-refractivity contribution in [2.75, 3.05) is 11.9 Å². The van der Waals surface area contributed by atoms with E-state index in [4.69, 9.17) is 5.11 Å². The maximum Gasteiger partial charge on any atom is 0.321 e. The number of carbonyl (C=O) groups excluding carboxylic acids is 1. The van der Waals surface area contributed by atoms with Crippen molar-refractivity contribution in [1.29, 1.82) is 0 Å². The van der Waals surface area contributed by atoms with Gasteiger partial charge in [0.1, 0.15) is 5.82 Å². The highest BCUT2D eigenvalue weighted by Crippen LogP contribution is 2.09. The molecule has 0 saturated heterocycles. The lowest BCUT2D eigenvalue weighted by atomic mass is 10.1. The van der Waals surface area contributed by atoms with Gasteiger partial charge < -0.3 is 10.4 Å². The van der Waals surface area contributed by atoms with Gasteiger partial charge in [0.05, 0.1) is 0 Å². The molecule has 0 fully saturated rings. The average Bonchev–Trinajstić information content (AvgIpc) is 2.69. The van der Waals surface area contributed by atoms with Crippen LogP contribution in [0.1, 0.15) is 25.6 Å². The lowest BCUT2D eigenvalue weighted by molar-refractivity contribution is -0.137. The van der Waals surface area contributed by atoms with Crippen LogP contribution in [0.15, 0.2) is 0 Å². The summed E-state index contributed by atoms with van der Waals surface area (Å²) in [6, 6.07) is -0.353. The smallest absolute Gasteiger partial charge is 0.321 e. The Bertz CT molecular complexity index is 421. The molecule has 0 aliphatic heterocycles. The van der Waals surface area contributed by atoms with Gasteiger partial charge in [-0.05, 0) is 19.3 Å². The molecule has 8 heteroatoms. The first-order valence-corrected chi connectivity index (χ1v) is 6.31. The Labute approximate surface area is 109 Å². The standard InChI is InChI=1S/C10H16N4O3S/c1-6(3-4-8(15)16)5-11-9(17)13-10-12-7(2)14-18-10/h6H,3-5H2,1-2H3,(H,15,16)(H2,11,12,13,14,17). The van der Waals surface area contributed by atoms with E-state index in [1.165, 1.54) is 0 Å². The Morgan fingerprint density at radius 3 is 2.78 bits per heavy atom. The van der Waals surface area contributed by atoms with Gasteiger partial charge in [-0.1, -0.05) is 6.92 Å². The molecule has 0 radical (unpaired) electrons. The Morgan fingerprint density at radius 1 is 1.50 bits per heavy atom. The molecule has 1 aromatic rings. The van der Waals surface area contributed by atoms with Crippen LogP contribution in [0.25, 0.3) is 0 Å². The van der Waals surface area contributed by atoms with Crippen LogP contribution in [0.5, 0.6) is 0 Å². The van der Waals surface area contributed by atoms with Crippen LogP contribution < -0.4 is 10.6 Å². The van der Waals surface area contributed by atoms with Gasteiger partial charge in [0.15, 0.2) is 0 Å². The van der Waals surface area contributed by atoms with Crippen LogP contribution in [0.2, 0.25) is 0 Å². The van der Waals surface area contributed by atoms with Crippen molar-refractivity contribution in [2.45, 2.75) is 26.7 Å². The van der Waals surface area contributed by atoms with Crippen molar-refractivity contribution in [3.8, 4) is 0 Å². The fourth-order valence-corrected chi connectivity index (χ4v) is 1.80. The number of aliphatic carboxylic acids is 1. The minimum absolute atomic E-state index is 0.111. The highest BCUT2D eigenvalue weighted by atomic mass is 32.1. The summed E-state index contributed by atoms with van der Waals surface area (Å²) >= 11 is 1.12. The van der Waals surface area contributed by atoms with Crippen LogP contribution in [0.4, 0.5) is 9.93 Å². The fourth-order valence-electron chi connectivity index (χ4n) is 1.23. The zero-order valence-corrected chi connectivity index (χ0v) is 11.1. The van der Waals surface area contributed by atoms with Gasteiger partial charge in [-0.3, -0.25) is 10.1 Å². The Morgan fingerprint density at radius 2 is 2.22 bits per heavy atom. The van der Waals surface area contributed by atoms with Gasteiger partial charge in [-0.2, -0.15) is 4.37 Å². The normalized spacial score (nSPS) is 11.9. The summed E-state index contributed by atoms with van der Waals surface area (Å²) in [5.41, 5.74) is 0. The molecule has 0 aliphatic carbocycles. The number of amides is 2. The fraction of sp³-hybridized carbons (Fsp3) is 0.600. The Kier molecular flexibility index (Phi) is 5.50. The number of urea groups is 1. The first-order valence-electron chi connectivity index (χ1n) is 5.54. The third-order valence-electron chi connectivity index (χ3n) is 2.21. The van der Waals surface area contributed by atoms with Crippen LogP contribution in [0.3, 0.4) is 0 Å². The van der Waals surface area contributed by atoms with Gasteiger partial charge in [0.25, 0.3) is 0 Å². The maximum atomic E-state index is 11.5. The summed E-state index contributed by atoms with van der Waals surface area (Å²) in [6.07, 6.45) is 0.646. The molecular weight excluding hydrogens is 256 g/mol. The largest absolute Gasteiger partial charge is 0.481 e. The molecular formula is C10H16N4O3S. The number of carboxylic acid groups (broad SMARTS) is 1. The van der Waals surface area contributed by atoms with E-state index in [9.17, 15) is 9.59 Å². The molecule has 3 N–H and O–H groups in total. The molecule has 0 spiro atoms. The summed E-state index contributed by atoms with van der Waals surface area (Å²) in [5, 5.41) is 14.2. The zero-order chi connectivity index (χ0) is 13.5. The van der Waals surface area contributed by atoms with E-state index >= 15 is 0 Å². The predicted octanol–water partition coefficient (Wildman–Crippen LogP) is 1.47. The van der Waals surface area contributed by atoms with Gasteiger partial charge in [0.2, 0.25) is 5.13 Å². The molecule has 18 heavy (non-hydrogen) atoms. The Hall–Kier alpha value is -1.70. The van der Waals surface area contributed by atoms with Crippen molar-refractivity contribution < 1.29 is 14.7 Å².